The molecule has 2 rings (SSSR count). The first-order valence-corrected chi connectivity index (χ1v) is 8.34. The molecule has 1 saturated heterocycles. The van der Waals surface area contributed by atoms with Crippen LogP contribution in [0.2, 0.25) is 0 Å². The van der Waals surface area contributed by atoms with Crippen molar-refractivity contribution < 1.29 is 9.53 Å². The molecule has 0 saturated carbocycles. The molecule has 0 spiro atoms. The molecule has 1 aliphatic rings. The second kappa shape index (κ2) is 8.79. The van der Waals surface area contributed by atoms with Crippen molar-refractivity contribution in [2.24, 2.45) is 0 Å². The monoisotopic (exact) mass is 304 g/mol. The molecule has 0 atom stereocenters. The van der Waals surface area contributed by atoms with Crippen LogP contribution >= 0.6 is 0 Å². The summed E-state index contributed by atoms with van der Waals surface area (Å²) in [7, 11) is 0. The maximum Gasteiger partial charge on any atom is 0.257 e. The number of hydrogen-bond acceptors (Lipinski definition) is 3. The van der Waals surface area contributed by atoms with Crippen molar-refractivity contribution >= 4 is 5.91 Å². The van der Waals surface area contributed by atoms with E-state index in [-0.39, 0.29) is 12.5 Å². The number of carbonyl (C=O) groups excluding carboxylic acids is 1. The first kappa shape index (κ1) is 16.8. The number of hydrogen-bond donors (Lipinski definition) is 1. The van der Waals surface area contributed by atoms with E-state index < -0.39 is 0 Å². The van der Waals surface area contributed by atoms with Crippen molar-refractivity contribution in [3.63, 3.8) is 0 Å². The van der Waals surface area contributed by atoms with Gasteiger partial charge in [-0.2, -0.15) is 0 Å². The lowest BCUT2D eigenvalue weighted by molar-refractivity contribution is -0.123. The molecule has 0 bridgehead atoms. The predicted octanol–water partition coefficient (Wildman–Crippen LogP) is 2.67. The Kier molecular flexibility index (Phi) is 6.72. The standard InChI is InChI=1S/C18H28N2O2/c1-15-7-8-17(16(2)13-15)22-14-18(21)19-9-6-12-20-10-4-3-5-11-20/h7-8,13H,3-6,9-12,14H2,1-2H3,(H,19,21). The molecule has 0 aromatic heterocycles. The first-order valence-electron chi connectivity index (χ1n) is 8.34. The Balaban J connectivity index is 1.59. The van der Waals surface area contributed by atoms with Crippen LogP contribution in [0.1, 0.15) is 36.8 Å². The van der Waals surface area contributed by atoms with Crippen LogP contribution in [0.4, 0.5) is 0 Å². The second-order valence-corrected chi connectivity index (χ2v) is 6.16. The minimum atomic E-state index is -0.0429. The van der Waals surface area contributed by atoms with Crippen molar-refractivity contribution in [2.75, 3.05) is 32.8 Å². The van der Waals surface area contributed by atoms with Gasteiger partial charge in [-0.25, -0.2) is 0 Å². The zero-order valence-corrected chi connectivity index (χ0v) is 13.9. The zero-order chi connectivity index (χ0) is 15.8. The van der Waals surface area contributed by atoms with Gasteiger partial charge in [0.25, 0.3) is 5.91 Å². The topological polar surface area (TPSA) is 41.6 Å². The summed E-state index contributed by atoms with van der Waals surface area (Å²) in [5.74, 6) is 0.743. The van der Waals surface area contributed by atoms with Crippen molar-refractivity contribution in [1.82, 2.24) is 10.2 Å². The molecule has 1 aliphatic heterocycles. The maximum atomic E-state index is 11.8. The molecule has 4 heteroatoms. The lowest BCUT2D eigenvalue weighted by atomic mass is 10.1. The fourth-order valence-electron chi connectivity index (χ4n) is 2.87. The fourth-order valence-corrected chi connectivity index (χ4v) is 2.87. The number of nitrogens with one attached hydrogen (secondary N) is 1. The van der Waals surface area contributed by atoms with Crippen LogP contribution in [0, 0.1) is 13.8 Å². The Bertz CT molecular complexity index is 482. The predicted molar refractivity (Wildman–Crippen MR) is 89.3 cm³/mol. The summed E-state index contributed by atoms with van der Waals surface area (Å²) in [6, 6.07) is 5.99. The summed E-state index contributed by atoms with van der Waals surface area (Å²) in [5, 5.41) is 2.93. The van der Waals surface area contributed by atoms with Gasteiger partial charge in [-0.15, -0.1) is 0 Å². The summed E-state index contributed by atoms with van der Waals surface area (Å²) in [4.78, 5) is 14.3. The van der Waals surface area contributed by atoms with Crippen LogP contribution in [0.15, 0.2) is 18.2 Å². The average Bonchev–Trinajstić information content (AvgIpc) is 2.52. The van der Waals surface area contributed by atoms with E-state index in [2.05, 4.69) is 16.3 Å². The lowest BCUT2D eigenvalue weighted by Gasteiger charge is -2.26. The molecule has 1 N–H and O–H groups in total. The number of amides is 1. The molecule has 1 fully saturated rings. The third-order valence-corrected chi connectivity index (χ3v) is 4.11. The average molecular weight is 304 g/mol. The molecule has 0 aliphatic carbocycles. The summed E-state index contributed by atoms with van der Waals surface area (Å²) < 4.78 is 5.58. The van der Waals surface area contributed by atoms with Gasteiger partial charge in [0.15, 0.2) is 6.61 Å². The highest BCUT2D eigenvalue weighted by atomic mass is 16.5. The SMILES string of the molecule is Cc1ccc(OCC(=O)NCCCN2CCCCC2)c(C)c1. The van der Waals surface area contributed by atoms with E-state index in [0.717, 1.165) is 30.8 Å². The molecule has 1 heterocycles. The van der Waals surface area contributed by atoms with Gasteiger partial charge in [-0.3, -0.25) is 4.79 Å². The van der Waals surface area contributed by atoms with Crippen LogP contribution in [-0.4, -0.2) is 43.6 Å². The van der Waals surface area contributed by atoms with E-state index in [4.69, 9.17) is 4.74 Å². The number of nitrogens with zero attached hydrogens (tertiary/aromatic N) is 1. The van der Waals surface area contributed by atoms with Crippen LogP contribution in [0.25, 0.3) is 0 Å². The van der Waals surface area contributed by atoms with E-state index in [0.29, 0.717) is 0 Å². The van der Waals surface area contributed by atoms with E-state index in [1.165, 1.54) is 37.9 Å². The Morgan fingerprint density at radius 3 is 2.73 bits per heavy atom. The molecule has 1 aromatic rings. The van der Waals surface area contributed by atoms with E-state index in [1.807, 2.05) is 26.0 Å². The van der Waals surface area contributed by atoms with Crippen LogP contribution in [0.5, 0.6) is 5.75 Å². The molecule has 0 radical (unpaired) electrons. The largest absolute Gasteiger partial charge is 0.484 e. The number of ether oxygens (including phenoxy) is 1. The van der Waals surface area contributed by atoms with Crippen molar-refractivity contribution in [3.8, 4) is 5.75 Å². The third-order valence-electron chi connectivity index (χ3n) is 4.11. The Morgan fingerprint density at radius 2 is 2.00 bits per heavy atom. The summed E-state index contributed by atoms with van der Waals surface area (Å²) in [6.45, 7) is 8.37. The van der Waals surface area contributed by atoms with Gasteiger partial charge >= 0.3 is 0 Å². The summed E-state index contributed by atoms with van der Waals surface area (Å²) in [6.07, 6.45) is 5.00. The highest BCUT2D eigenvalue weighted by Crippen LogP contribution is 2.18. The van der Waals surface area contributed by atoms with Crippen molar-refractivity contribution in [2.45, 2.75) is 39.5 Å². The Morgan fingerprint density at radius 1 is 1.23 bits per heavy atom. The number of aryl methyl sites for hydroxylation is 2. The third kappa shape index (κ3) is 5.68. The minimum Gasteiger partial charge on any atom is -0.484 e. The maximum absolute atomic E-state index is 11.8. The molecular formula is C18H28N2O2. The normalized spacial score (nSPS) is 15.5. The minimum absolute atomic E-state index is 0.0429. The summed E-state index contributed by atoms with van der Waals surface area (Å²) >= 11 is 0. The fraction of sp³-hybridized carbons (Fsp3) is 0.611. The second-order valence-electron chi connectivity index (χ2n) is 6.16. The lowest BCUT2D eigenvalue weighted by Crippen LogP contribution is -2.34. The number of rotatable bonds is 7. The van der Waals surface area contributed by atoms with Gasteiger partial charge in [0.05, 0.1) is 0 Å². The number of piperidine rings is 1. The van der Waals surface area contributed by atoms with Crippen LogP contribution in [-0.2, 0) is 4.79 Å². The molecule has 1 amide bonds. The zero-order valence-electron chi connectivity index (χ0n) is 13.9. The molecule has 4 nitrogen and oxygen atoms in total. The van der Waals surface area contributed by atoms with Gasteiger partial charge in [0.2, 0.25) is 0 Å². The highest BCUT2D eigenvalue weighted by molar-refractivity contribution is 5.77. The molecular weight excluding hydrogens is 276 g/mol. The van der Waals surface area contributed by atoms with E-state index >= 15 is 0 Å². The quantitative estimate of drug-likeness (QED) is 0.788. The van der Waals surface area contributed by atoms with Gasteiger partial charge < -0.3 is 15.0 Å². The van der Waals surface area contributed by atoms with Crippen molar-refractivity contribution in [1.29, 1.82) is 0 Å². The molecule has 1 aromatic carbocycles. The smallest absolute Gasteiger partial charge is 0.257 e. The number of likely N-dealkylation sites (tertiary alicyclic amines) is 1. The highest BCUT2D eigenvalue weighted by Gasteiger charge is 2.09. The van der Waals surface area contributed by atoms with E-state index in [1.54, 1.807) is 0 Å². The van der Waals surface area contributed by atoms with Gasteiger partial charge in [-0.05, 0) is 64.4 Å². The van der Waals surface area contributed by atoms with Crippen LogP contribution in [0.3, 0.4) is 0 Å². The molecule has 122 valence electrons. The number of benzene rings is 1. The van der Waals surface area contributed by atoms with Gasteiger partial charge in [-0.1, -0.05) is 24.1 Å². The number of carbonyl (C=O) groups is 1. The van der Waals surface area contributed by atoms with E-state index in [9.17, 15) is 4.79 Å². The van der Waals surface area contributed by atoms with Gasteiger partial charge in [0, 0.05) is 6.54 Å². The van der Waals surface area contributed by atoms with Gasteiger partial charge in [0.1, 0.15) is 5.75 Å². The van der Waals surface area contributed by atoms with Crippen molar-refractivity contribution in [3.05, 3.63) is 29.3 Å². The summed E-state index contributed by atoms with van der Waals surface area (Å²) in [5.41, 5.74) is 2.27. The Labute approximate surface area is 133 Å². The molecule has 22 heavy (non-hydrogen) atoms. The van der Waals surface area contributed by atoms with Crippen LogP contribution < -0.4 is 10.1 Å². The first-order chi connectivity index (χ1) is 10.6. The molecule has 0 unspecified atom stereocenters. The Hall–Kier alpha value is -1.55.